The summed E-state index contributed by atoms with van der Waals surface area (Å²) in [6, 6.07) is 5.85. The van der Waals surface area contributed by atoms with Gasteiger partial charge in [-0.2, -0.15) is 0 Å². The van der Waals surface area contributed by atoms with Crippen LogP contribution >= 0.6 is 0 Å². The predicted octanol–water partition coefficient (Wildman–Crippen LogP) is 0.957. The molecule has 0 aliphatic heterocycles. The Morgan fingerprint density at radius 2 is 2.00 bits per heavy atom. The molecule has 1 rings (SSSR count). The van der Waals surface area contributed by atoms with Crippen LogP contribution in [0.2, 0.25) is 0 Å². The molecule has 0 radical (unpaired) electrons. The van der Waals surface area contributed by atoms with Crippen molar-refractivity contribution >= 4 is 5.91 Å². The van der Waals surface area contributed by atoms with E-state index in [9.17, 15) is 4.79 Å². The topological polar surface area (TPSA) is 73.6 Å². The van der Waals surface area contributed by atoms with Crippen LogP contribution in [0.1, 0.15) is 12.5 Å². The Hall–Kier alpha value is -1.75. The van der Waals surface area contributed by atoms with Gasteiger partial charge in [0, 0.05) is 12.5 Å². The lowest BCUT2D eigenvalue weighted by Gasteiger charge is -2.11. The summed E-state index contributed by atoms with van der Waals surface area (Å²) in [6.07, 6.45) is 0.853. The molecule has 3 N–H and O–H groups in total. The van der Waals surface area contributed by atoms with Gasteiger partial charge in [0.2, 0.25) is 5.91 Å². The molecule has 0 aromatic heterocycles. The van der Waals surface area contributed by atoms with Gasteiger partial charge in [-0.15, -0.1) is 0 Å². The summed E-state index contributed by atoms with van der Waals surface area (Å²) in [5.41, 5.74) is 6.34. The largest absolute Gasteiger partial charge is 0.493 e. The molecule has 106 valence electrons. The number of benzene rings is 1. The molecule has 5 nitrogen and oxygen atoms in total. The molecule has 0 bridgehead atoms. The molecule has 0 saturated carbocycles. The fraction of sp³-hybridized carbons (Fsp3) is 0.500. The quantitative estimate of drug-likeness (QED) is 0.687. The molecule has 0 fully saturated rings. The van der Waals surface area contributed by atoms with Gasteiger partial charge in [0.15, 0.2) is 11.5 Å². The first kappa shape index (κ1) is 15.3. The molecule has 0 heterocycles. The molecule has 0 aliphatic carbocycles. The summed E-state index contributed by atoms with van der Waals surface area (Å²) in [6.45, 7) is 3.20. The highest BCUT2D eigenvalue weighted by Gasteiger charge is 2.08. The highest BCUT2D eigenvalue weighted by Crippen LogP contribution is 2.27. The SMILES string of the molecule is COc1ccc(CCNCC(C)C(N)=O)cc1OC. The molecular weight excluding hydrogens is 244 g/mol. The first-order chi connectivity index (χ1) is 9.08. The van der Waals surface area contributed by atoms with Crippen molar-refractivity contribution in [3.05, 3.63) is 23.8 Å². The van der Waals surface area contributed by atoms with E-state index in [0.717, 1.165) is 30.0 Å². The van der Waals surface area contributed by atoms with Crippen LogP contribution in [-0.4, -0.2) is 33.2 Å². The molecule has 1 unspecified atom stereocenters. The second-order valence-electron chi connectivity index (χ2n) is 4.45. The summed E-state index contributed by atoms with van der Waals surface area (Å²) < 4.78 is 10.4. The van der Waals surface area contributed by atoms with Crippen LogP contribution in [0, 0.1) is 5.92 Å². The van der Waals surface area contributed by atoms with Crippen LogP contribution in [0.15, 0.2) is 18.2 Å². The maximum Gasteiger partial charge on any atom is 0.221 e. The molecule has 0 spiro atoms. The van der Waals surface area contributed by atoms with Crippen molar-refractivity contribution in [1.82, 2.24) is 5.32 Å². The van der Waals surface area contributed by atoms with Crippen LogP contribution in [0.3, 0.4) is 0 Å². The molecule has 0 aliphatic rings. The first-order valence-corrected chi connectivity index (χ1v) is 6.29. The zero-order valence-corrected chi connectivity index (χ0v) is 11.7. The van der Waals surface area contributed by atoms with Gasteiger partial charge in [0.1, 0.15) is 0 Å². The minimum atomic E-state index is -0.279. The van der Waals surface area contributed by atoms with E-state index >= 15 is 0 Å². The molecule has 1 aromatic rings. The van der Waals surface area contributed by atoms with E-state index in [1.54, 1.807) is 14.2 Å². The molecule has 1 atom stereocenters. The molecular formula is C14H22N2O3. The van der Waals surface area contributed by atoms with Gasteiger partial charge in [0.25, 0.3) is 0 Å². The number of primary amides is 1. The van der Waals surface area contributed by atoms with E-state index in [-0.39, 0.29) is 11.8 Å². The maximum atomic E-state index is 10.9. The Bertz CT molecular complexity index is 421. The van der Waals surface area contributed by atoms with Crippen molar-refractivity contribution in [2.75, 3.05) is 27.3 Å². The second-order valence-corrected chi connectivity index (χ2v) is 4.45. The average molecular weight is 266 g/mol. The van der Waals surface area contributed by atoms with E-state index in [4.69, 9.17) is 15.2 Å². The second kappa shape index (κ2) is 7.63. The van der Waals surface area contributed by atoms with E-state index in [1.807, 2.05) is 25.1 Å². The molecule has 1 aromatic carbocycles. The number of hydrogen-bond donors (Lipinski definition) is 2. The number of amides is 1. The summed E-state index contributed by atoms with van der Waals surface area (Å²) in [7, 11) is 3.23. The monoisotopic (exact) mass is 266 g/mol. The van der Waals surface area contributed by atoms with E-state index in [0.29, 0.717) is 6.54 Å². The minimum absolute atomic E-state index is 0.148. The minimum Gasteiger partial charge on any atom is -0.493 e. The van der Waals surface area contributed by atoms with Crippen molar-refractivity contribution in [3.8, 4) is 11.5 Å². The molecule has 5 heteroatoms. The van der Waals surface area contributed by atoms with Crippen LogP contribution in [0.5, 0.6) is 11.5 Å². The van der Waals surface area contributed by atoms with Gasteiger partial charge < -0.3 is 20.5 Å². The van der Waals surface area contributed by atoms with Gasteiger partial charge in [-0.3, -0.25) is 4.79 Å². The lowest BCUT2D eigenvalue weighted by Crippen LogP contribution is -2.31. The fourth-order valence-electron chi connectivity index (χ4n) is 1.69. The number of carbonyl (C=O) groups is 1. The molecule has 1 amide bonds. The lowest BCUT2D eigenvalue weighted by atomic mass is 10.1. The standard InChI is InChI=1S/C14H22N2O3/c1-10(14(15)17)9-16-7-6-11-4-5-12(18-2)13(8-11)19-3/h4-5,8,10,16H,6-7,9H2,1-3H3,(H2,15,17). The Morgan fingerprint density at radius 1 is 1.32 bits per heavy atom. The highest BCUT2D eigenvalue weighted by molar-refractivity contribution is 5.76. The number of ether oxygens (including phenoxy) is 2. The average Bonchev–Trinajstić information content (AvgIpc) is 2.42. The van der Waals surface area contributed by atoms with Crippen molar-refractivity contribution < 1.29 is 14.3 Å². The van der Waals surface area contributed by atoms with Gasteiger partial charge in [-0.1, -0.05) is 13.0 Å². The zero-order valence-electron chi connectivity index (χ0n) is 11.7. The van der Waals surface area contributed by atoms with E-state index < -0.39 is 0 Å². The first-order valence-electron chi connectivity index (χ1n) is 6.29. The normalized spacial score (nSPS) is 11.9. The Kier molecular flexibility index (Phi) is 6.15. The Labute approximate surface area is 114 Å². The van der Waals surface area contributed by atoms with Crippen molar-refractivity contribution in [3.63, 3.8) is 0 Å². The van der Waals surface area contributed by atoms with Gasteiger partial charge in [0.05, 0.1) is 14.2 Å². The summed E-state index contributed by atoms with van der Waals surface area (Å²) in [5.74, 6) is 1.02. The third kappa shape index (κ3) is 4.79. The third-order valence-electron chi connectivity index (χ3n) is 2.97. The third-order valence-corrected chi connectivity index (χ3v) is 2.97. The lowest BCUT2D eigenvalue weighted by molar-refractivity contribution is -0.121. The van der Waals surface area contributed by atoms with E-state index in [1.165, 1.54) is 0 Å². The number of nitrogens with one attached hydrogen (secondary N) is 1. The van der Waals surface area contributed by atoms with Crippen LogP contribution in [-0.2, 0) is 11.2 Å². The number of methoxy groups -OCH3 is 2. The van der Waals surface area contributed by atoms with Crippen molar-refractivity contribution in [2.45, 2.75) is 13.3 Å². The Morgan fingerprint density at radius 3 is 2.58 bits per heavy atom. The highest BCUT2D eigenvalue weighted by atomic mass is 16.5. The fourth-order valence-corrected chi connectivity index (χ4v) is 1.69. The van der Waals surface area contributed by atoms with Crippen LogP contribution in [0.25, 0.3) is 0 Å². The van der Waals surface area contributed by atoms with Crippen LogP contribution < -0.4 is 20.5 Å². The van der Waals surface area contributed by atoms with Gasteiger partial charge in [-0.25, -0.2) is 0 Å². The van der Waals surface area contributed by atoms with Gasteiger partial charge in [-0.05, 0) is 30.7 Å². The summed E-state index contributed by atoms with van der Waals surface area (Å²) in [5, 5.41) is 3.21. The van der Waals surface area contributed by atoms with Crippen molar-refractivity contribution in [1.29, 1.82) is 0 Å². The number of carbonyl (C=O) groups excluding carboxylic acids is 1. The molecule has 19 heavy (non-hydrogen) atoms. The predicted molar refractivity (Wildman–Crippen MR) is 74.5 cm³/mol. The Balaban J connectivity index is 2.43. The molecule has 0 saturated heterocycles. The maximum absolute atomic E-state index is 10.9. The van der Waals surface area contributed by atoms with E-state index in [2.05, 4.69) is 5.32 Å². The van der Waals surface area contributed by atoms with Gasteiger partial charge >= 0.3 is 0 Å². The zero-order chi connectivity index (χ0) is 14.3. The van der Waals surface area contributed by atoms with Crippen LogP contribution in [0.4, 0.5) is 0 Å². The number of rotatable bonds is 8. The smallest absolute Gasteiger partial charge is 0.221 e. The van der Waals surface area contributed by atoms with Crippen molar-refractivity contribution in [2.24, 2.45) is 11.7 Å². The summed E-state index contributed by atoms with van der Waals surface area (Å²) in [4.78, 5) is 10.9. The number of hydrogen-bond acceptors (Lipinski definition) is 4. The number of nitrogens with two attached hydrogens (primary N) is 1. The summed E-state index contributed by atoms with van der Waals surface area (Å²) >= 11 is 0.